The number of aromatic hydroxyl groups is 1. The number of amides is 1. The Balaban J connectivity index is 1.94. The molecule has 4 rings (SSSR count). The largest absolute Gasteiger partial charge is 0.507 e. The maximum atomic E-state index is 15.0. The fraction of sp³-hybridized carbons (Fsp3) is 0.103. The van der Waals surface area contributed by atoms with Gasteiger partial charge in [-0.3, -0.25) is 4.79 Å². The molecule has 0 aliphatic carbocycles. The third-order valence-electron chi connectivity index (χ3n) is 6.49. The molecule has 17 heteroatoms. The lowest BCUT2D eigenvalue weighted by molar-refractivity contribution is -0.119. The van der Waals surface area contributed by atoms with Gasteiger partial charge in [0.05, 0.1) is 0 Å². The monoisotopic (exact) mass is 766 g/mol. The second kappa shape index (κ2) is 13.9. The molecule has 8 nitrogen and oxygen atoms in total. The number of carboxylic acids is 1. The highest BCUT2D eigenvalue weighted by Crippen LogP contribution is 2.33. The van der Waals surface area contributed by atoms with Gasteiger partial charge in [0, 0.05) is 32.8 Å². The number of hydrogen-bond donors (Lipinski definition) is 3. The number of anilines is 1. The number of aromatic carboxylic acids is 1. The van der Waals surface area contributed by atoms with Crippen molar-refractivity contribution in [3.05, 3.63) is 121 Å². The summed E-state index contributed by atoms with van der Waals surface area (Å²) >= 11 is 15.3. The van der Waals surface area contributed by atoms with Gasteiger partial charge >= 0.3 is 5.97 Å². The summed E-state index contributed by atoms with van der Waals surface area (Å²) in [6.45, 7) is -0.845. The summed E-state index contributed by atoms with van der Waals surface area (Å²) in [7, 11) is -5.76. The second-order valence-corrected chi connectivity index (χ2v) is 13.2. The van der Waals surface area contributed by atoms with Crippen LogP contribution in [0.25, 0.3) is 0 Å². The number of phenols is 1. The molecule has 0 saturated heterocycles. The zero-order valence-electron chi connectivity index (χ0n) is 22.7. The Morgan fingerprint density at radius 1 is 0.826 bits per heavy atom. The van der Waals surface area contributed by atoms with Crippen LogP contribution in [0, 0.1) is 29.1 Å². The lowest BCUT2D eigenvalue weighted by Gasteiger charge is -2.31. The first-order valence-corrected chi connectivity index (χ1v) is 15.6. The van der Waals surface area contributed by atoms with Crippen LogP contribution in [-0.4, -0.2) is 40.9 Å². The molecule has 4 aromatic carbocycles. The number of carbonyl (C=O) groups is 2. The molecule has 0 aliphatic rings. The normalized spacial score (nSPS) is 12.3. The van der Waals surface area contributed by atoms with E-state index < -0.39 is 86.2 Å². The first-order valence-electron chi connectivity index (χ1n) is 12.6. The van der Waals surface area contributed by atoms with Crippen molar-refractivity contribution in [2.75, 3.05) is 5.32 Å². The van der Waals surface area contributed by atoms with E-state index in [0.29, 0.717) is 4.47 Å². The molecule has 0 aliphatic heterocycles. The maximum Gasteiger partial charge on any atom is 0.339 e. The van der Waals surface area contributed by atoms with Crippen LogP contribution in [0.5, 0.6) is 5.75 Å². The molecule has 1 amide bonds. The molecular formula is C29H18BrCl2F5N2O6S. The van der Waals surface area contributed by atoms with Gasteiger partial charge in [0.15, 0.2) is 28.2 Å². The number of carboxylic acid groups (broad SMARTS) is 1. The van der Waals surface area contributed by atoms with Crippen LogP contribution < -0.4 is 5.32 Å². The van der Waals surface area contributed by atoms with E-state index >= 15 is 0 Å². The van der Waals surface area contributed by atoms with Gasteiger partial charge in [-0.25, -0.2) is 35.2 Å². The lowest BCUT2D eigenvalue weighted by atomic mass is 10.0. The second-order valence-electron chi connectivity index (χ2n) is 9.60. The number of benzene rings is 4. The van der Waals surface area contributed by atoms with Crippen LogP contribution in [0.2, 0.25) is 10.0 Å². The standard InChI is InChI=1S/C29H18BrCl2F5N2O6S/c30-15-7-14(8-17(32)10-15)9-20(28(41)38-18-5-6-19(29(42)43)21(40)11-18)39(12-13-1-3-16(31)4-2-13)46(44,45)27-25(36)23(34)22(33)24(35)26(27)37/h1-8,10-11,20,40H,9,12H2,(H,38,41)(H,42,43). The maximum absolute atomic E-state index is 15.0. The van der Waals surface area contributed by atoms with Gasteiger partial charge in [0.25, 0.3) is 0 Å². The Bertz CT molecular complexity index is 1920. The van der Waals surface area contributed by atoms with E-state index in [4.69, 9.17) is 23.2 Å². The zero-order valence-corrected chi connectivity index (χ0v) is 26.6. The number of nitrogens with zero attached hydrogens (tertiary/aromatic N) is 1. The predicted octanol–water partition coefficient (Wildman–Crippen LogP) is 7.30. The van der Waals surface area contributed by atoms with Crippen molar-refractivity contribution in [3.63, 3.8) is 0 Å². The number of carbonyl (C=O) groups excluding carboxylic acids is 1. The molecule has 0 aromatic heterocycles. The topological polar surface area (TPSA) is 124 Å². The minimum atomic E-state index is -5.76. The van der Waals surface area contributed by atoms with E-state index in [1.54, 1.807) is 0 Å². The van der Waals surface area contributed by atoms with Crippen molar-refractivity contribution in [2.45, 2.75) is 23.9 Å². The summed E-state index contributed by atoms with van der Waals surface area (Å²) in [5.74, 6) is -16.4. The molecule has 3 N–H and O–H groups in total. The fourth-order valence-electron chi connectivity index (χ4n) is 4.35. The first-order chi connectivity index (χ1) is 21.5. The molecular weight excluding hydrogens is 750 g/mol. The van der Waals surface area contributed by atoms with Gasteiger partial charge in [-0.15, -0.1) is 0 Å². The first kappa shape index (κ1) is 35.1. The van der Waals surface area contributed by atoms with E-state index in [2.05, 4.69) is 21.2 Å². The van der Waals surface area contributed by atoms with Gasteiger partial charge in [-0.1, -0.05) is 51.3 Å². The summed E-state index contributed by atoms with van der Waals surface area (Å²) in [5.41, 5.74) is -0.482. The third-order valence-corrected chi connectivity index (χ3v) is 9.29. The number of nitrogens with one attached hydrogen (secondary N) is 1. The van der Waals surface area contributed by atoms with Gasteiger partial charge in [-0.05, 0) is 60.0 Å². The highest BCUT2D eigenvalue weighted by molar-refractivity contribution is 9.10. The Kier molecular flexibility index (Phi) is 10.6. The van der Waals surface area contributed by atoms with E-state index in [1.807, 2.05) is 0 Å². The molecule has 242 valence electrons. The van der Waals surface area contributed by atoms with Crippen LogP contribution in [0.4, 0.5) is 27.6 Å². The summed E-state index contributed by atoms with van der Waals surface area (Å²) in [5, 5.41) is 21.9. The Morgan fingerprint density at radius 3 is 1.96 bits per heavy atom. The van der Waals surface area contributed by atoms with Crippen LogP contribution in [-0.2, 0) is 27.8 Å². The van der Waals surface area contributed by atoms with Gasteiger partial charge in [0.2, 0.25) is 21.7 Å². The number of hydrogen-bond acceptors (Lipinski definition) is 5. The number of sulfonamides is 1. The number of halogens is 8. The molecule has 46 heavy (non-hydrogen) atoms. The Labute approximate surface area is 276 Å². The third kappa shape index (κ3) is 7.44. The smallest absolute Gasteiger partial charge is 0.339 e. The van der Waals surface area contributed by atoms with Crippen molar-refractivity contribution in [1.29, 1.82) is 0 Å². The molecule has 0 radical (unpaired) electrons. The van der Waals surface area contributed by atoms with Crippen molar-refractivity contribution in [1.82, 2.24) is 4.31 Å². The summed E-state index contributed by atoms with van der Waals surface area (Å²) in [6, 6.07) is 10.4. The van der Waals surface area contributed by atoms with Crippen molar-refractivity contribution >= 4 is 66.7 Å². The summed E-state index contributed by atoms with van der Waals surface area (Å²) in [4.78, 5) is 23.0. The van der Waals surface area contributed by atoms with Crippen molar-refractivity contribution < 1.29 is 50.2 Å². The van der Waals surface area contributed by atoms with Crippen LogP contribution in [0.15, 0.2) is 70.0 Å². The van der Waals surface area contributed by atoms with Crippen LogP contribution >= 0.6 is 39.1 Å². The minimum absolute atomic E-state index is 0.0883. The van der Waals surface area contributed by atoms with E-state index in [0.717, 1.165) is 18.2 Å². The predicted molar refractivity (Wildman–Crippen MR) is 161 cm³/mol. The minimum Gasteiger partial charge on any atom is -0.507 e. The summed E-state index contributed by atoms with van der Waals surface area (Å²) in [6.07, 6.45) is -0.577. The molecule has 0 saturated carbocycles. The Morgan fingerprint density at radius 2 is 1.41 bits per heavy atom. The zero-order chi connectivity index (χ0) is 34.1. The van der Waals surface area contributed by atoms with Gasteiger partial charge in [-0.2, -0.15) is 4.31 Å². The van der Waals surface area contributed by atoms with E-state index in [9.17, 15) is 50.2 Å². The average molecular weight is 768 g/mol. The molecule has 4 aromatic rings. The fourth-order valence-corrected chi connectivity index (χ4v) is 7.10. The molecule has 0 bridgehead atoms. The molecule has 0 heterocycles. The Hall–Kier alpha value is -3.76. The van der Waals surface area contributed by atoms with Crippen LogP contribution in [0.3, 0.4) is 0 Å². The number of rotatable bonds is 10. The molecule has 0 fully saturated rings. The van der Waals surface area contributed by atoms with E-state index in [-0.39, 0.29) is 31.2 Å². The molecule has 0 spiro atoms. The van der Waals surface area contributed by atoms with Crippen molar-refractivity contribution in [2.24, 2.45) is 0 Å². The van der Waals surface area contributed by atoms with Gasteiger partial charge < -0.3 is 15.5 Å². The highest BCUT2D eigenvalue weighted by Gasteiger charge is 2.42. The SMILES string of the molecule is O=C(O)c1ccc(NC(=O)C(Cc2cc(Cl)cc(Br)c2)N(Cc2ccc(Cl)cc2)S(=O)(=O)c2c(F)c(F)c(F)c(F)c2F)cc1O. The lowest BCUT2D eigenvalue weighted by Crippen LogP contribution is -2.48. The highest BCUT2D eigenvalue weighted by atomic mass is 79.9. The summed E-state index contributed by atoms with van der Waals surface area (Å²) < 4.78 is 101. The molecule has 1 unspecified atom stereocenters. The van der Waals surface area contributed by atoms with Crippen LogP contribution in [0.1, 0.15) is 21.5 Å². The van der Waals surface area contributed by atoms with Crippen molar-refractivity contribution in [3.8, 4) is 5.75 Å². The van der Waals surface area contributed by atoms with E-state index in [1.165, 1.54) is 42.5 Å². The van der Waals surface area contributed by atoms with Gasteiger partial charge in [0.1, 0.15) is 17.4 Å². The molecule has 1 atom stereocenters. The quantitative estimate of drug-likeness (QED) is 0.0885. The average Bonchev–Trinajstić information content (AvgIpc) is 2.97.